The van der Waals surface area contributed by atoms with Gasteiger partial charge in [0.1, 0.15) is 6.17 Å². The van der Waals surface area contributed by atoms with Crippen molar-refractivity contribution in [3.63, 3.8) is 0 Å². The number of rotatable bonds is 5. The third-order valence-corrected chi connectivity index (χ3v) is 5.00. The number of carbonyl (C=O) groups is 1. The number of hydrogen-bond donors (Lipinski definition) is 3. The summed E-state index contributed by atoms with van der Waals surface area (Å²) in [4.78, 5) is 12.3. The van der Waals surface area contributed by atoms with Crippen LogP contribution in [-0.2, 0) is 4.79 Å². The lowest BCUT2D eigenvalue weighted by atomic mass is 10.1. The highest BCUT2D eigenvalue weighted by Gasteiger charge is 2.34. The Morgan fingerprint density at radius 1 is 0.900 bits per heavy atom. The highest BCUT2D eigenvalue weighted by molar-refractivity contribution is 7.80. The maximum absolute atomic E-state index is 12.3. The molecule has 3 N–H and O–H groups in total. The highest BCUT2D eigenvalue weighted by Crippen LogP contribution is 2.29. The van der Waals surface area contributed by atoms with E-state index in [0.29, 0.717) is 0 Å². The van der Waals surface area contributed by atoms with E-state index < -0.39 is 15.9 Å². The minimum Gasteiger partial charge on any atom is -0.339 e. The molecule has 3 rings (SSSR count). The van der Waals surface area contributed by atoms with Crippen LogP contribution in [0.5, 0.6) is 0 Å². The van der Waals surface area contributed by atoms with Gasteiger partial charge in [-0.05, 0) is 46.8 Å². The van der Waals surface area contributed by atoms with Gasteiger partial charge in [-0.15, -0.1) is 0 Å². The number of carbonyl (C=O) groups excluding carboxylic acids is 1. The summed E-state index contributed by atoms with van der Waals surface area (Å²) < 4.78 is -1.83. The maximum Gasteiger partial charge on any atom is 0.245 e. The molecule has 0 heterocycles. The molecule has 3 aromatic carbocycles. The topological polar surface area (TPSA) is 53.2 Å². The summed E-state index contributed by atoms with van der Waals surface area (Å²) in [5.74, 6) is -0.434. The number of benzene rings is 3. The average molecular weight is 479 g/mol. The highest BCUT2D eigenvalue weighted by atomic mass is 35.6. The first kappa shape index (κ1) is 22.4. The number of amides is 1. The molecule has 1 amide bonds. The number of halogens is 3. The Balaban J connectivity index is 1.64. The summed E-state index contributed by atoms with van der Waals surface area (Å²) >= 11 is 23.4. The molecule has 0 spiro atoms. The number of hydrogen-bond acceptors (Lipinski definition) is 2. The lowest BCUT2D eigenvalue weighted by Gasteiger charge is -2.27. The predicted octanol–water partition coefficient (Wildman–Crippen LogP) is 5.65. The standard InChI is InChI=1S/C22H18Cl3N3OS/c23-22(24,25)20(27-19(29)13-10-15-6-2-1-3-7-15)28-21(30)26-18-12-11-16-8-4-5-9-17(16)14-18/h1-14,20H,(H,27,29)(H2,26,28,30). The van der Waals surface area contributed by atoms with Crippen molar-refractivity contribution in [1.29, 1.82) is 0 Å². The summed E-state index contributed by atoms with van der Waals surface area (Å²) in [6.07, 6.45) is 1.98. The van der Waals surface area contributed by atoms with Crippen molar-refractivity contribution in [2.45, 2.75) is 9.96 Å². The number of thiocarbonyl (C=S) groups is 1. The molecule has 8 heteroatoms. The van der Waals surface area contributed by atoms with Gasteiger partial charge in [0.25, 0.3) is 0 Å². The molecular formula is C22H18Cl3N3OS. The molecule has 0 bridgehead atoms. The number of anilines is 1. The van der Waals surface area contributed by atoms with Gasteiger partial charge in [-0.3, -0.25) is 4.79 Å². The third-order valence-electron chi connectivity index (χ3n) is 4.12. The summed E-state index contributed by atoms with van der Waals surface area (Å²) in [6.45, 7) is 0. The fraction of sp³-hybridized carbons (Fsp3) is 0.0909. The molecule has 0 aliphatic carbocycles. The zero-order valence-electron chi connectivity index (χ0n) is 15.6. The predicted molar refractivity (Wildman–Crippen MR) is 131 cm³/mol. The van der Waals surface area contributed by atoms with Gasteiger partial charge in [0.2, 0.25) is 9.70 Å². The quantitative estimate of drug-likeness (QED) is 0.192. The molecule has 1 atom stereocenters. The van der Waals surface area contributed by atoms with Crippen molar-refractivity contribution in [3.8, 4) is 0 Å². The van der Waals surface area contributed by atoms with E-state index >= 15 is 0 Å². The van der Waals surface area contributed by atoms with E-state index in [1.807, 2.05) is 72.8 Å². The van der Waals surface area contributed by atoms with Crippen LogP contribution in [0.25, 0.3) is 16.8 Å². The van der Waals surface area contributed by atoms with E-state index in [1.165, 1.54) is 6.08 Å². The molecule has 3 aromatic rings. The van der Waals surface area contributed by atoms with Crippen LogP contribution in [0.3, 0.4) is 0 Å². The van der Waals surface area contributed by atoms with Crippen LogP contribution >= 0.6 is 47.0 Å². The maximum atomic E-state index is 12.3. The van der Waals surface area contributed by atoms with Crippen molar-refractivity contribution >= 4 is 80.6 Å². The Kier molecular flexibility index (Phi) is 7.56. The van der Waals surface area contributed by atoms with Crippen LogP contribution in [0, 0.1) is 0 Å². The summed E-state index contributed by atoms with van der Waals surface area (Å²) in [7, 11) is 0. The van der Waals surface area contributed by atoms with E-state index in [9.17, 15) is 4.79 Å². The van der Waals surface area contributed by atoms with Crippen LogP contribution in [0.1, 0.15) is 5.56 Å². The number of fused-ring (bicyclic) bond motifs is 1. The molecule has 1 unspecified atom stereocenters. The zero-order valence-corrected chi connectivity index (χ0v) is 18.7. The van der Waals surface area contributed by atoms with Crippen LogP contribution in [-0.4, -0.2) is 21.0 Å². The normalized spacial score (nSPS) is 12.5. The van der Waals surface area contributed by atoms with Gasteiger partial charge in [0, 0.05) is 11.8 Å². The van der Waals surface area contributed by atoms with Crippen LogP contribution in [0.15, 0.2) is 78.9 Å². The first-order chi connectivity index (χ1) is 14.3. The molecule has 0 radical (unpaired) electrons. The number of nitrogens with one attached hydrogen (secondary N) is 3. The smallest absolute Gasteiger partial charge is 0.245 e. The van der Waals surface area contributed by atoms with Gasteiger partial charge >= 0.3 is 0 Å². The van der Waals surface area contributed by atoms with Crippen LogP contribution in [0.4, 0.5) is 5.69 Å². The van der Waals surface area contributed by atoms with Gasteiger partial charge < -0.3 is 16.0 Å². The summed E-state index contributed by atoms with van der Waals surface area (Å²) in [5, 5.41) is 10.9. The molecular weight excluding hydrogens is 461 g/mol. The molecule has 0 aliphatic heterocycles. The van der Waals surface area contributed by atoms with Gasteiger partial charge in [-0.1, -0.05) is 95.5 Å². The molecule has 0 saturated heterocycles. The fourth-order valence-corrected chi connectivity index (χ4v) is 3.25. The minimum atomic E-state index is -1.83. The number of alkyl halides is 3. The Bertz CT molecular complexity index is 1070. The van der Waals surface area contributed by atoms with Crippen molar-refractivity contribution < 1.29 is 4.79 Å². The molecule has 0 saturated carbocycles. The van der Waals surface area contributed by atoms with Gasteiger partial charge in [0.15, 0.2) is 5.11 Å². The lowest BCUT2D eigenvalue weighted by Crippen LogP contribution is -2.55. The summed E-state index contributed by atoms with van der Waals surface area (Å²) in [5.41, 5.74) is 1.64. The van der Waals surface area contributed by atoms with Gasteiger partial charge in [0.05, 0.1) is 0 Å². The van der Waals surface area contributed by atoms with E-state index in [-0.39, 0.29) is 5.11 Å². The molecule has 154 valence electrons. The summed E-state index contributed by atoms with van der Waals surface area (Å²) in [6, 6.07) is 23.2. The van der Waals surface area contributed by atoms with E-state index in [0.717, 1.165) is 22.0 Å². The Morgan fingerprint density at radius 2 is 1.57 bits per heavy atom. The largest absolute Gasteiger partial charge is 0.339 e. The SMILES string of the molecule is O=C(C=Cc1ccccc1)NC(NC(=S)Nc1ccc2ccccc2c1)C(Cl)(Cl)Cl. The van der Waals surface area contributed by atoms with Crippen molar-refractivity contribution in [3.05, 3.63) is 84.4 Å². The monoisotopic (exact) mass is 477 g/mol. The first-order valence-corrected chi connectivity index (χ1v) is 10.5. The second-order valence-electron chi connectivity index (χ2n) is 6.39. The van der Waals surface area contributed by atoms with Crippen molar-refractivity contribution in [2.75, 3.05) is 5.32 Å². The Labute approximate surface area is 195 Å². The minimum absolute atomic E-state index is 0.203. The van der Waals surface area contributed by atoms with Crippen LogP contribution in [0.2, 0.25) is 0 Å². The first-order valence-electron chi connectivity index (χ1n) is 8.98. The van der Waals surface area contributed by atoms with Crippen LogP contribution < -0.4 is 16.0 Å². The van der Waals surface area contributed by atoms with Crippen molar-refractivity contribution in [2.24, 2.45) is 0 Å². The van der Waals surface area contributed by atoms with Gasteiger partial charge in [-0.25, -0.2) is 0 Å². The average Bonchev–Trinajstić information content (AvgIpc) is 2.72. The molecule has 0 aromatic heterocycles. The van der Waals surface area contributed by atoms with Crippen molar-refractivity contribution in [1.82, 2.24) is 10.6 Å². The fourth-order valence-electron chi connectivity index (χ4n) is 2.69. The zero-order chi connectivity index (χ0) is 21.6. The third kappa shape index (κ3) is 6.61. The van der Waals surface area contributed by atoms with Gasteiger partial charge in [-0.2, -0.15) is 0 Å². The van der Waals surface area contributed by atoms with E-state index in [1.54, 1.807) is 6.08 Å². The van der Waals surface area contributed by atoms with E-state index in [4.69, 9.17) is 47.0 Å². The Morgan fingerprint density at radius 3 is 2.27 bits per heavy atom. The lowest BCUT2D eigenvalue weighted by molar-refractivity contribution is -0.117. The molecule has 0 aliphatic rings. The molecule has 30 heavy (non-hydrogen) atoms. The molecule has 4 nitrogen and oxygen atoms in total. The molecule has 0 fully saturated rings. The Hall–Kier alpha value is -2.31. The second-order valence-corrected chi connectivity index (χ2v) is 9.16. The second kappa shape index (κ2) is 10.1. The van der Waals surface area contributed by atoms with E-state index in [2.05, 4.69) is 16.0 Å².